The molecule has 172 valence electrons. The van der Waals surface area contributed by atoms with Crippen molar-refractivity contribution in [1.29, 1.82) is 0 Å². The molecule has 33 heavy (non-hydrogen) atoms. The predicted molar refractivity (Wildman–Crippen MR) is 121 cm³/mol. The van der Waals surface area contributed by atoms with Crippen LogP contribution in [0.3, 0.4) is 0 Å². The molecular weight excluding hydrogens is 422 g/mol. The van der Waals surface area contributed by atoms with Gasteiger partial charge >= 0.3 is 0 Å². The number of hydrogen-bond donors (Lipinski definition) is 0. The zero-order valence-corrected chi connectivity index (χ0v) is 18.4. The van der Waals surface area contributed by atoms with E-state index in [0.29, 0.717) is 50.5 Å². The Morgan fingerprint density at radius 3 is 2.27 bits per heavy atom. The molecule has 5 rings (SSSR count). The zero-order valence-electron chi connectivity index (χ0n) is 18.4. The normalized spacial score (nSPS) is 20.2. The van der Waals surface area contributed by atoms with Crippen LogP contribution in [-0.2, 0) is 20.8 Å². The molecule has 3 heterocycles. The first-order chi connectivity index (χ1) is 16.1. The summed E-state index contributed by atoms with van der Waals surface area (Å²) in [5, 5.41) is 0. The summed E-state index contributed by atoms with van der Waals surface area (Å²) in [4.78, 5) is 42.9. The van der Waals surface area contributed by atoms with E-state index in [0.717, 1.165) is 24.2 Å². The van der Waals surface area contributed by atoms with Gasteiger partial charge in [-0.25, -0.2) is 0 Å². The second kappa shape index (κ2) is 9.13. The molecule has 2 aromatic rings. The van der Waals surface area contributed by atoms with E-state index in [9.17, 15) is 14.4 Å². The first-order valence-corrected chi connectivity index (χ1v) is 11.4. The second-order valence-corrected chi connectivity index (χ2v) is 8.56. The number of ether oxygens (including phenoxy) is 2. The maximum Gasteiger partial charge on any atom is 0.267 e. The highest BCUT2D eigenvalue weighted by molar-refractivity contribution is 5.95. The van der Waals surface area contributed by atoms with Gasteiger partial charge in [-0.1, -0.05) is 24.3 Å². The van der Waals surface area contributed by atoms with Gasteiger partial charge in [0.15, 0.2) is 11.5 Å². The van der Waals surface area contributed by atoms with Gasteiger partial charge < -0.3 is 24.2 Å². The van der Waals surface area contributed by atoms with Crippen LogP contribution in [0.15, 0.2) is 48.5 Å². The van der Waals surface area contributed by atoms with Crippen molar-refractivity contribution in [3.8, 4) is 11.5 Å². The molecule has 0 saturated carbocycles. The largest absolute Gasteiger partial charge is 0.485 e. The fraction of sp³-hybridized carbons (Fsp3) is 0.400. The van der Waals surface area contributed by atoms with Crippen LogP contribution in [0.2, 0.25) is 0 Å². The van der Waals surface area contributed by atoms with Crippen LogP contribution in [0.25, 0.3) is 0 Å². The maximum atomic E-state index is 12.9. The number of carbonyl (C=O) groups excluding carboxylic acids is 3. The van der Waals surface area contributed by atoms with Gasteiger partial charge in [0.05, 0.1) is 6.42 Å². The van der Waals surface area contributed by atoms with E-state index < -0.39 is 6.10 Å². The molecule has 0 radical (unpaired) electrons. The molecule has 8 nitrogen and oxygen atoms in total. The van der Waals surface area contributed by atoms with Crippen molar-refractivity contribution < 1.29 is 23.9 Å². The van der Waals surface area contributed by atoms with Crippen molar-refractivity contribution in [3.05, 3.63) is 54.1 Å². The number of nitrogens with zero attached hydrogens (tertiary/aromatic N) is 3. The van der Waals surface area contributed by atoms with E-state index >= 15 is 0 Å². The molecule has 3 aliphatic heterocycles. The molecule has 1 atom stereocenters. The summed E-state index contributed by atoms with van der Waals surface area (Å²) in [6.45, 7) is 2.88. The van der Waals surface area contributed by atoms with Crippen molar-refractivity contribution in [2.75, 3.05) is 44.2 Å². The molecule has 0 spiro atoms. The lowest BCUT2D eigenvalue weighted by atomic mass is 10.1. The molecule has 8 heteroatoms. The quantitative estimate of drug-likeness (QED) is 0.712. The van der Waals surface area contributed by atoms with Gasteiger partial charge in [0.25, 0.3) is 5.91 Å². The van der Waals surface area contributed by atoms with Crippen molar-refractivity contribution in [2.45, 2.75) is 25.4 Å². The van der Waals surface area contributed by atoms with Crippen LogP contribution >= 0.6 is 0 Å². The van der Waals surface area contributed by atoms with Crippen LogP contribution < -0.4 is 14.4 Å². The first-order valence-electron chi connectivity index (χ1n) is 11.4. The molecule has 3 amide bonds. The average Bonchev–Trinajstić information content (AvgIpc) is 3.29. The van der Waals surface area contributed by atoms with E-state index in [4.69, 9.17) is 9.47 Å². The lowest BCUT2D eigenvalue weighted by molar-refractivity contribution is -0.146. The molecule has 0 unspecified atom stereocenters. The molecule has 0 bridgehead atoms. The smallest absolute Gasteiger partial charge is 0.267 e. The zero-order chi connectivity index (χ0) is 22.8. The summed E-state index contributed by atoms with van der Waals surface area (Å²) in [6, 6.07) is 15.0. The van der Waals surface area contributed by atoms with Gasteiger partial charge in [0.1, 0.15) is 6.61 Å². The third kappa shape index (κ3) is 4.51. The number of carbonyl (C=O) groups is 3. The van der Waals surface area contributed by atoms with E-state index in [1.807, 2.05) is 42.5 Å². The van der Waals surface area contributed by atoms with Gasteiger partial charge in [0.2, 0.25) is 17.9 Å². The van der Waals surface area contributed by atoms with Gasteiger partial charge in [-0.05, 0) is 36.2 Å². The lowest BCUT2D eigenvalue weighted by Crippen LogP contribution is -2.55. The lowest BCUT2D eigenvalue weighted by Gasteiger charge is -2.37. The molecule has 2 aromatic carbocycles. The summed E-state index contributed by atoms with van der Waals surface area (Å²) < 4.78 is 11.5. The highest BCUT2D eigenvalue weighted by Gasteiger charge is 2.33. The van der Waals surface area contributed by atoms with E-state index in [1.165, 1.54) is 0 Å². The monoisotopic (exact) mass is 449 g/mol. The summed E-state index contributed by atoms with van der Waals surface area (Å²) in [5.41, 5.74) is 1.80. The van der Waals surface area contributed by atoms with Gasteiger partial charge in [-0.2, -0.15) is 0 Å². The Bertz CT molecular complexity index is 1050. The van der Waals surface area contributed by atoms with Gasteiger partial charge in [0, 0.05) is 44.8 Å². The number of para-hydroxylation sites is 2. The van der Waals surface area contributed by atoms with Gasteiger partial charge in [-0.3, -0.25) is 14.4 Å². The molecular formula is C25H27N3O5. The number of rotatable bonds is 4. The molecule has 0 aromatic heterocycles. The summed E-state index contributed by atoms with van der Waals surface area (Å²) in [7, 11) is 0. The Kier molecular flexibility index (Phi) is 5.90. The minimum Gasteiger partial charge on any atom is -0.485 e. The third-order valence-electron chi connectivity index (χ3n) is 6.40. The topological polar surface area (TPSA) is 79.4 Å². The van der Waals surface area contributed by atoms with Gasteiger partial charge in [-0.15, -0.1) is 0 Å². The Morgan fingerprint density at radius 1 is 0.879 bits per heavy atom. The fourth-order valence-electron chi connectivity index (χ4n) is 4.52. The number of benzene rings is 2. The minimum atomic E-state index is -0.664. The Hall–Kier alpha value is -3.55. The number of hydrogen-bond acceptors (Lipinski definition) is 5. The van der Waals surface area contributed by atoms with Crippen molar-refractivity contribution in [2.24, 2.45) is 0 Å². The van der Waals surface area contributed by atoms with E-state index in [1.54, 1.807) is 20.8 Å². The predicted octanol–water partition coefficient (Wildman–Crippen LogP) is 1.87. The summed E-state index contributed by atoms with van der Waals surface area (Å²) in [6.07, 6.45) is 1.13. The number of piperazine rings is 1. The SMILES string of the molecule is O=C(Cc1ccc(N2CCCC2=O)cc1)N1CCN(C(=O)[C@@H]2COc3ccccc3O2)CC1. The fourth-order valence-corrected chi connectivity index (χ4v) is 4.52. The maximum absolute atomic E-state index is 12.9. The first kappa shape index (κ1) is 21.3. The highest BCUT2D eigenvalue weighted by atomic mass is 16.6. The molecule has 0 N–H and O–H groups in total. The van der Waals surface area contributed by atoms with E-state index in [-0.39, 0.29) is 24.3 Å². The van der Waals surface area contributed by atoms with Crippen LogP contribution in [0, 0.1) is 0 Å². The van der Waals surface area contributed by atoms with Crippen molar-refractivity contribution in [1.82, 2.24) is 9.80 Å². The highest BCUT2D eigenvalue weighted by Crippen LogP contribution is 2.31. The Balaban J connectivity index is 1.12. The molecule has 0 aliphatic carbocycles. The number of amides is 3. The Morgan fingerprint density at radius 2 is 1.58 bits per heavy atom. The van der Waals surface area contributed by atoms with E-state index in [2.05, 4.69) is 0 Å². The van der Waals surface area contributed by atoms with Crippen LogP contribution in [0.5, 0.6) is 11.5 Å². The van der Waals surface area contributed by atoms with Crippen LogP contribution in [-0.4, -0.2) is 73.0 Å². The molecule has 2 fully saturated rings. The van der Waals surface area contributed by atoms with Crippen LogP contribution in [0.1, 0.15) is 18.4 Å². The van der Waals surface area contributed by atoms with Crippen molar-refractivity contribution in [3.63, 3.8) is 0 Å². The summed E-state index contributed by atoms with van der Waals surface area (Å²) in [5.74, 6) is 1.32. The number of anilines is 1. The average molecular weight is 450 g/mol. The Labute approximate surface area is 192 Å². The van der Waals surface area contributed by atoms with Crippen LogP contribution in [0.4, 0.5) is 5.69 Å². The second-order valence-electron chi connectivity index (χ2n) is 8.56. The molecule has 3 aliphatic rings. The van der Waals surface area contributed by atoms with Crippen molar-refractivity contribution >= 4 is 23.4 Å². The minimum absolute atomic E-state index is 0.0401. The third-order valence-corrected chi connectivity index (χ3v) is 6.40. The summed E-state index contributed by atoms with van der Waals surface area (Å²) >= 11 is 0. The number of fused-ring (bicyclic) bond motifs is 1. The molecule has 2 saturated heterocycles. The standard InChI is InChI=1S/C25H27N3O5/c29-23-6-3-11-28(23)19-9-7-18(8-10-19)16-24(30)26-12-14-27(15-13-26)25(31)22-17-32-20-4-1-2-5-21(20)33-22/h1-2,4-5,7-10,22H,3,6,11-17H2/t22-/m0/s1.